The summed E-state index contributed by atoms with van der Waals surface area (Å²) in [4.78, 5) is 11.0. The average Bonchev–Trinajstić information content (AvgIpc) is 2.37. The van der Waals surface area contributed by atoms with Crippen molar-refractivity contribution in [2.24, 2.45) is 0 Å². The van der Waals surface area contributed by atoms with Gasteiger partial charge in [0.05, 0.1) is 11.3 Å². The summed E-state index contributed by atoms with van der Waals surface area (Å²) in [6, 6.07) is 11.8. The Morgan fingerprint density at radius 2 is 2.00 bits per heavy atom. The van der Waals surface area contributed by atoms with Gasteiger partial charge in [0.25, 0.3) is 0 Å². The fourth-order valence-corrected chi connectivity index (χ4v) is 1.89. The molecular weight excluding hydrogens is 245 g/mol. The predicted molar refractivity (Wildman–Crippen MR) is 71.9 cm³/mol. The van der Waals surface area contributed by atoms with Gasteiger partial charge in [0, 0.05) is 6.54 Å². The molecule has 0 aromatic heterocycles. The van der Waals surface area contributed by atoms with Crippen molar-refractivity contribution in [3.05, 3.63) is 65.0 Å². The van der Waals surface area contributed by atoms with Gasteiger partial charge < -0.3 is 10.4 Å². The van der Waals surface area contributed by atoms with E-state index < -0.39 is 11.8 Å². The van der Waals surface area contributed by atoms with Gasteiger partial charge in [-0.15, -0.1) is 0 Å². The molecule has 0 aliphatic carbocycles. The van der Waals surface area contributed by atoms with E-state index in [4.69, 9.17) is 5.11 Å². The Morgan fingerprint density at radius 3 is 2.68 bits per heavy atom. The van der Waals surface area contributed by atoms with E-state index in [2.05, 4.69) is 5.32 Å². The second-order valence-electron chi connectivity index (χ2n) is 4.31. The quantitative estimate of drug-likeness (QED) is 0.884. The van der Waals surface area contributed by atoms with Gasteiger partial charge in [-0.05, 0) is 24.6 Å². The molecule has 2 N–H and O–H groups in total. The van der Waals surface area contributed by atoms with Crippen LogP contribution in [0, 0.1) is 12.7 Å². The Labute approximate surface area is 110 Å². The first kappa shape index (κ1) is 13.1. The van der Waals surface area contributed by atoms with E-state index in [0.717, 1.165) is 11.1 Å². The third kappa shape index (κ3) is 3.10. The van der Waals surface area contributed by atoms with Crippen LogP contribution in [0.5, 0.6) is 0 Å². The fraction of sp³-hybridized carbons (Fsp3) is 0.133. The lowest BCUT2D eigenvalue weighted by Crippen LogP contribution is -2.08. The lowest BCUT2D eigenvalue weighted by atomic mass is 10.1. The lowest BCUT2D eigenvalue weighted by molar-refractivity contribution is 0.0697. The van der Waals surface area contributed by atoms with Crippen LogP contribution < -0.4 is 5.32 Å². The van der Waals surface area contributed by atoms with Crippen LogP contribution in [0.25, 0.3) is 0 Å². The Balaban J connectivity index is 2.22. The third-order valence-corrected chi connectivity index (χ3v) is 2.80. The number of aromatic carboxylic acids is 1. The van der Waals surface area contributed by atoms with Crippen molar-refractivity contribution in [3.8, 4) is 0 Å². The number of hydrogen-bond donors (Lipinski definition) is 2. The Morgan fingerprint density at radius 1 is 1.26 bits per heavy atom. The molecule has 0 amide bonds. The minimum atomic E-state index is -1.15. The van der Waals surface area contributed by atoms with Gasteiger partial charge in [-0.1, -0.05) is 35.9 Å². The van der Waals surface area contributed by atoms with E-state index in [1.165, 1.54) is 18.2 Å². The molecular formula is C15H14FNO2. The number of carboxylic acids is 1. The summed E-state index contributed by atoms with van der Waals surface area (Å²) in [7, 11) is 0. The third-order valence-electron chi connectivity index (χ3n) is 2.80. The standard InChI is InChI=1S/C15H14FNO2/c1-10-4-2-5-11(8-10)9-17-14-12(15(18)19)6-3-7-13(14)16/h2-8,17H,9H2,1H3,(H,18,19). The molecule has 0 heterocycles. The molecule has 0 fully saturated rings. The summed E-state index contributed by atoms with van der Waals surface area (Å²) in [5.41, 5.74) is 2.04. The molecule has 2 aromatic rings. The van der Waals surface area contributed by atoms with Gasteiger partial charge >= 0.3 is 5.97 Å². The highest BCUT2D eigenvalue weighted by molar-refractivity contribution is 5.94. The van der Waals surface area contributed by atoms with E-state index in [0.29, 0.717) is 6.54 Å². The maximum absolute atomic E-state index is 13.7. The number of nitrogens with one attached hydrogen (secondary N) is 1. The Hall–Kier alpha value is -2.36. The highest BCUT2D eigenvalue weighted by Crippen LogP contribution is 2.20. The van der Waals surface area contributed by atoms with Crippen molar-refractivity contribution in [1.82, 2.24) is 0 Å². The number of halogens is 1. The van der Waals surface area contributed by atoms with E-state index in [9.17, 15) is 9.18 Å². The molecule has 0 unspecified atom stereocenters. The van der Waals surface area contributed by atoms with Crippen LogP contribution in [-0.4, -0.2) is 11.1 Å². The Kier molecular flexibility index (Phi) is 3.80. The average molecular weight is 259 g/mol. The van der Waals surface area contributed by atoms with E-state index in [1.54, 1.807) is 0 Å². The van der Waals surface area contributed by atoms with Crippen molar-refractivity contribution < 1.29 is 14.3 Å². The van der Waals surface area contributed by atoms with E-state index in [1.807, 2.05) is 31.2 Å². The molecule has 3 nitrogen and oxygen atoms in total. The van der Waals surface area contributed by atoms with Crippen LogP contribution in [0.2, 0.25) is 0 Å². The molecule has 0 aliphatic rings. The summed E-state index contributed by atoms with van der Waals surface area (Å²) >= 11 is 0. The second kappa shape index (κ2) is 5.52. The van der Waals surface area contributed by atoms with Crippen LogP contribution in [0.3, 0.4) is 0 Å². The molecule has 4 heteroatoms. The maximum atomic E-state index is 13.7. The van der Waals surface area contributed by atoms with Crippen molar-refractivity contribution in [1.29, 1.82) is 0 Å². The highest BCUT2D eigenvalue weighted by Gasteiger charge is 2.13. The van der Waals surface area contributed by atoms with Crippen molar-refractivity contribution in [3.63, 3.8) is 0 Å². The molecule has 0 saturated carbocycles. The summed E-state index contributed by atoms with van der Waals surface area (Å²) in [5.74, 6) is -1.71. The maximum Gasteiger partial charge on any atom is 0.337 e. The van der Waals surface area contributed by atoms with Gasteiger partial charge in [0.1, 0.15) is 5.82 Å². The summed E-state index contributed by atoms with van der Waals surface area (Å²) in [6.07, 6.45) is 0. The molecule has 2 rings (SSSR count). The number of carboxylic acid groups (broad SMARTS) is 1. The van der Waals surface area contributed by atoms with Crippen molar-refractivity contribution >= 4 is 11.7 Å². The number of benzene rings is 2. The minimum absolute atomic E-state index is 0.0245. The van der Waals surface area contributed by atoms with Crippen LogP contribution in [0.4, 0.5) is 10.1 Å². The lowest BCUT2D eigenvalue weighted by Gasteiger charge is -2.11. The summed E-state index contributed by atoms with van der Waals surface area (Å²) in [5, 5.41) is 11.9. The van der Waals surface area contributed by atoms with Gasteiger partial charge in [0.15, 0.2) is 0 Å². The van der Waals surface area contributed by atoms with Gasteiger partial charge in [-0.25, -0.2) is 9.18 Å². The number of carbonyl (C=O) groups is 1. The number of rotatable bonds is 4. The van der Waals surface area contributed by atoms with Gasteiger partial charge in [-0.2, -0.15) is 0 Å². The monoisotopic (exact) mass is 259 g/mol. The molecule has 0 atom stereocenters. The van der Waals surface area contributed by atoms with Crippen LogP contribution in [-0.2, 0) is 6.54 Å². The number of anilines is 1. The zero-order chi connectivity index (χ0) is 13.8. The van der Waals surface area contributed by atoms with Gasteiger partial charge in [-0.3, -0.25) is 0 Å². The summed E-state index contributed by atoms with van der Waals surface area (Å²) < 4.78 is 13.7. The second-order valence-corrected chi connectivity index (χ2v) is 4.31. The zero-order valence-corrected chi connectivity index (χ0v) is 10.5. The number of aryl methyl sites for hydroxylation is 1. The largest absolute Gasteiger partial charge is 0.478 e. The van der Waals surface area contributed by atoms with E-state index in [-0.39, 0.29) is 11.3 Å². The van der Waals surface area contributed by atoms with Crippen LogP contribution in [0.1, 0.15) is 21.5 Å². The van der Waals surface area contributed by atoms with Crippen LogP contribution >= 0.6 is 0 Å². The normalized spacial score (nSPS) is 10.2. The molecule has 19 heavy (non-hydrogen) atoms. The fourth-order valence-electron chi connectivity index (χ4n) is 1.89. The van der Waals surface area contributed by atoms with E-state index >= 15 is 0 Å². The predicted octanol–water partition coefficient (Wildman–Crippen LogP) is 3.44. The Bertz CT molecular complexity index is 611. The van der Waals surface area contributed by atoms with Crippen molar-refractivity contribution in [2.75, 3.05) is 5.32 Å². The molecule has 2 aromatic carbocycles. The highest BCUT2D eigenvalue weighted by atomic mass is 19.1. The minimum Gasteiger partial charge on any atom is -0.478 e. The number of hydrogen-bond acceptors (Lipinski definition) is 2. The SMILES string of the molecule is Cc1cccc(CNc2c(F)cccc2C(=O)O)c1. The molecule has 0 spiro atoms. The van der Waals surface area contributed by atoms with Crippen molar-refractivity contribution in [2.45, 2.75) is 13.5 Å². The molecule has 0 saturated heterocycles. The topological polar surface area (TPSA) is 49.3 Å². The zero-order valence-electron chi connectivity index (χ0n) is 10.5. The summed E-state index contributed by atoms with van der Waals surface area (Å²) in [6.45, 7) is 2.35. The molecule has 98 valence electrons. The molecule has 0 radical (unpaired) electrons. The smallest absolute Gasteiger partial charge is 0.337 e. The first-order valence-electron chi connectivity index (χ1n) is 5.89. The van der Waals surface area contributed by atoms with Gasteiger partial charge in [0.2, 0.25) is 0 Å². The first-order chi connectivity index (χ1) is 9.08. The first-order valence-corrected chi connectivity index (χ1v) is 5.89. The van der Waals surface area contributed by atoms with Crippen LogP contribution in [0.15, 0.2) is 42.5 Å². The molecule has 0 aliphatic heterocycles. The number of para-hydroxylation sites is 1. The molecule has 0 bridgehead atoms.